The van der Waals surface area contributed by atoms with Crippen LogP contribution in [0.25, 0.3) is 54.9 Å². The van der Waals surface area contributed by atoms with Gasteiger partial charge < -0.3 is 30.9 Å². The van der Waals surface area contributed by atoms with E-state index in [4.69, 9.17) is 9.47 Å². The van der Waals surface area contributed by atoms with Crippen LogP contribution >= 0.6 is 0 Å². The van der Waals surface area contributed by atoms with Crippen molar-refractivity contribution in [1.82, 2.24) is 0 Å². The molecule has 0 amide bonds. The predicted octanol–water partition coefficient (Wildman–Crippen LogP) is 6.11. The molecule has 0 saturated carbocycles. The van der Waals surface area contributed by atoms with E-state index in [-0.39, 0.29) is 17.0 Å². The van der Waals surface area contributed by atoms with Crippen molar-refractivity contribution in [2.75, 3.05) is 28.3 Å². The summed E-state index contributed by atoms with van der Waals surface area (Å²) in [6.45, 7) is 1.85. The van der Waals surface area contributed by atoms with E-state index in [0.717, 1.165) is 29.1 Å². The lowest BCUT2D eigenvalue weighted by molar-refractivity contribution is -0.916. The minimum atomic E-state index is 0. The SMILES string of the molecule is COc1ccc(-c2cc3ccccc3c3c2C[N+](C)(C)Cc2c(-c4ccc(OC)cc4)cc4ccccc4c2-3)cc1.[Br-]. The molecule has 42 heavy (non-hydrogen) atoms. The molecule has 1 aliphatic heterocycles. The van der Waals surface area contributed by atoms with Crippen LogP contribution in [0.15, 0.2) is 109 Å². The normalized spacial score (nSPS) is 13.5. The number of ether oxygens (including phenoxy) is 2. The van der Waals surface area contributed by atoms with E-state index in [1.165, 1.54) is 66.1 Å². The minimum absolute atomic E-state index is 0. The molecule has 6 aromatic carbocycles. The molecule has 3 nitrogen and oxygen atoms in total. The van der Waals surface area contributed by atoms with Gasteiger partial charge in [-0.1, -0.05) is 72.8 Å². The van der Waals surface area contributed by atoms with Gasteiger partial charge in [0.1, 0.15) is 24.6 Å². The van der Waals surface area contributed by atoms with Crippen molar-refractivity contribution < 1.29 is 30.9 Å². The van der Waals surface area contributed by atoms with Gasteiger partial charge in [0, 0.05) is 22.3 Å². The number of quaternary nitrogens is 1. The highest BCUT2D eigenvalue weighted by Gasteiger charge is 2.33. The maximum absolute atomic E-state index is 5.49. The summed E-state index contributed by atoms with van der Waals surface area (Å²) in [7, 11) is 8.16. The van der Waals surface area contributed by atoms with E-state index in [1.54, 1.807) is 14.2 Å². The molecule has 7 rings (SSSR count). The van der Waals surface area contributed by atoms with Crippen LogP contribution in [0, 0.1) is 0 Å². The highest BCUT2D eigenvalue weighted by atomic mass is 79.9. The lowest BCUT2D eigenvalue weighted by Gasteiger charge is -2.30. The monoisotopic (exact) mass is 615 g/mol. The smallest absolute Gasteiger partial charge is 0.118 e. The third kappa shape index (κ3) is 4.75. The Balaban J connectivity index is 0.00000316. The molecule has 210 valence electrons. The van der Waals surface area contributed by atoms with Crippen LogP contribution in [-0.2, 0) is 13.1 Å². The summed E-state index contributed by atoms with van der Waals surface area (Å²) >= 11 is 0. The Kier molecular flexibility index (Phi) is 7.30. The molecule has 0 bridgehead atoms. The Hall–Kier alpha value is -4.12. The lowest BCUT2D eigenvalue weighted by Crippen LogP contribution is -3.00. The molecule has 0 N–H and O–H groups in total. The summed E-state index contributed by atoms with van der Waals surface area (Å²) in [4.78, 5) is 0. The lowest BCUT2D eigenvalue weighted by atomic mass is 9.82. The Morgan fingerprint density at radius 3 is 1.29 bits per heavy atom. The van der Waals surface area contributed by atoms with Crippen molar-refractivity contribution in [1.29, 1.82) is 0 Å². The summed E-state index contributed by atoms with van der Waals surface area (Å²) in [5.41, 5.74) is 10.5. The zero-order valence-electron chi connectivity index (χ0n) is 24.4. The van der Waals surface area contributed by atoms with Crippen molar-refractivity contribution in [3.63, 3.8) is 0 Å². The average molecular weight is 617 g/mol. The van der Waals surface area contributed by atoms with E-state index in [0.29, 0.717) is 0 Å². The molecule has 0 unspecified atom stereocenters. The van der Waals surface area contributed by atoms with Crippen molar-refractivity contribution in [2.45, 2.75) is 13.1 Å². The molecule has 0 fully saturated rings. The summed E-state index contributed by atoms with van der Waals surface area (Å²) < 4.78 is 11.8. The molecule has 0 atom stereocenters. The largest absolute Gasteiger partial charge is 1.00 e. The molecule has 0 saturated heterocycles. The third-order valence-electron chi connectivity index (χ3n) is 8.54. The van der Waals surface area contributed by atoms with Crippen LogP contribution in [0.2, 0.25) is 0 Å². The summed E-state index contributed by atoms with van der Waals surface area (Å²) in [5.74, 6) is 1.74. The zero-order valence-corrected chi connectivity index (χ0v) is 26.0. The highest BCUT2D eigenvalue weighted by Crippen LogP contribution is 2.49. The first-order chi connectivity index (χ1) is 20.0. The van der Waals surface area contributed by atoms with Gasteiger partial charge in [-0.05, 0) is 80.2 Å². The highest BCUT2D eigenvalue weighted by molar-refractivity contribution is 6.11. The summed E-state index contributed by atoms with van der Waals surface area (Å²) in [6, 6.07) is 39.6. The Labute approximate surface area is 258 Å². The number of methoxy groups -OCH3 is 2. The molecule has 0 aromatic heterocycles. The van der Waals surface area contributed by atoms with Crippen LogP contribution in [0.5, 0.6) is 11.5 Å². The van der Waals surface area contributed by atoms with Gasteiger partial charge in [0.25, 0.3) is 0 Å². The Morgan fingerprint density at radius 1 is 0.524 bits per heavy atom. The minimum Gasteiger partial charge on any atom is -1.00 e. The second kappa shape index (κ2) is 10.9. The number of hydrogen-bond donors (Lipinski definition) is 0. The summed E-state index contributed by atoms with van der Waals surface area (Å²) in [5, 5.41) is 5.13. The third-order valence-corrected chi connectivity index (χ3v) is 8.54. The number of rotatable bonds is 4. The molecular weight excluding hydrogens is 582 g/mol. The molecule has 1 aliphatic rings. The fourth-order valence-electron chi connectivity index (χ4n) is 6.65. The first kappa shape index (κ1) is 28.0. The second-order valence-corrected chi connectivity index (χ2v) is 11.7. The van der Waals surface area contributed by atoms with E-state index >= 15 is 0 Å². The van der Waals surface area contributed by atoms with Crippen molar-refractivity contribution in [3.05, 3.63) is 120 Å². The van der Waals surface area contributed by atoms with Crippen LogP contribution in [0.4, 0.5) is 0 Å². The Bertz CT molecular complexity index is 1780. The quantitative estimate of drug-likeness (QED) is 0.223. The number of benzene rings is 6. The molecule has 6 aromatic rings. The van der Waals surface area contributed by atoms with Gasteiger partial charge in [-0.3, -0.25) is 0 Å². The van der Waals surface area contributed by atoms with Gasteiger partial charge in [0.05, 0.1) is 28.3 Å². The van der Waals surface area contributed by atoms with Gasteiger partial charge in [-0.2, -0.15) is 0 Å². The molecule has 4 heteroatoms. The average Bonchev–Trinajstić information content (AvgIpc) is 3.13. The summed E-state index contributed by atoms with van der Waals surface area (Å²) in [6.07, 6.45) is 0. The van der Waals surface area contributed by atoms with E-state index in [1.807, 2.05) is 0 Å². The molecule has 0 radical (unpaired) electrons. The molecule has 1 heterocycles. The number of fused-ring (bicyclic) bond motifs is 7. The fraction of sp³-hybridized carbons (Fsp3) is 0.158. The van der Waals surface area contributed by atoms with E-state index < -0.39 is 0 Å². The van der Waals surface area contributed by atoms with Gasteiger partial charge in [0.15, 0.2) is 0 Å². The van der Waals surface area contributed by atoms with Crippen LogP contribution in [0.3, 0.4) is 0 Å². The first-order valence-corrected chi connectivity index (χ1v) is 14.2. The molecule has 0 spiro atoms. The standard InChI is InChI=1S/C38H34NO2.BrH/c1-39(2)23-35-33(25-13-17-29(40-3)18-14-25)21-27-9-5-7-11-31(27)37(35)38-32-12-8-6-10-28(32)22-34(36(38)24-39)26-15-19-30(41-4)20-16-26;/h5-22H,23-24H2,1-4H3;1H/q+1;/p-1. The van der Waals surface area contributed by atoms with Crippen molar-refractivity contribution >= 4 is 21.5 Å². The Morgan fingerprint density at radius 2 is 0.905 bits per heavy atom. The van der Waals surface area contributed by atoms with E-state index in [2.05, 4.69) is 123 Å². The fourth-order valence-corrected chi connectivity index (χ4v) is 6.65. The second-order valence-electron chi connectivity index (χ2n) is 11.7. The van der Waals surface area contributed by atoms with Crippen LogP contribution < -0.4 is 26.5 Å². The molecule has 0 aliphatic carbocycles. The van der Waals surface area contributed by atoms with Crippen molar-refractivity contribution in [3.8, 4) is 44.9 Å². The number of nitrogens with zero attached hydrogens (tertiary/aromatic N) is 1. The van der Waals surface area contributed by atoms with Gasteiger partial charge in [-0.15, -0.1) is 0 Å². The van der Waals surface area contributed by atoms with Gasteiger partial charge in [-0.25, -0.2) is 0 Å². The topological polar surface area (TPSA) is 18.5 Å². The predicted molar refractivity (Wildman–Crippen MR) is 170 cm³/mol. The molecular formula is C38H34BrNO2. The van der Waals surface area contributed by atoms with Gasteiger partial charge in [0.2, 0.25) is 0 Å². The van der Waals surface area contributed by atoms with E-state index in [9.17, 15) is 0 Å². The zero-order chi connectivity index (χ0) is 28.1. The maximum Gasteiger partial charge on any atom is 0.118 e. The van der Waals surface area contributed by atoms with Crippen molar-refractivity contribution in [2.24, 2.45) is 0 Å². The first-order valence-electron chi connectivity index (χ1n) is 14.2. The van der Waals surface area contributed by atoms with Crippen LogP contribution in [-0.4, -0.2) is 32.8 Å². The number of halogens is 1. The maximum atomic E-state index is 5.49. The van der Waals surface area contributed by atoms with Gasteiger partial charge >= 0.3 is 0 Å². The van der Waals surface area contributed by atoms with Crippen LogP contribution in [0.1, 0.15) is 11.1 Å². The number of hydrogen-bond acceptors (Lipinski definition) is 2.